The first-order chi connectivity index (χ1) is 41.3. The zero-order chi connectivity index (χ0) is 61.9. The molecular formula is C57H33N5OS. The average Bonchev–Trinajstić information content (AvgIpc) is 1.73. The van der Waals surface area contributed by atoms with Gasteiger partial charge in [0, 0.05) is 63.6 Å². The van der Waals surface area contributed by atoms with Crippen LogP contribution >= 0.6 is 11.3 Å². The topological polar surface area (TPSA) is 61.7 Å². The Labute approximate surface area is 401 Å². The van der Waals surface area contributed by atoms with Crippen LogP contribution in [0.25, 0.3) is 131 Å². The van der Waals surface area contributed by atoms with Crippen molar-refractivity contribution in [2.75, 3.05) is 0 Å². The Bertz CT molecular complexity index is 5540. The van der Waals surface area contributed by atoms with Crippen LogP contribution in [0.1, 0.15) is 31.5 Å². The van der Waals surface area contributed by atoms with Crippen molar-refractivity contribution in [3.8, 4) is 45.5 Å². The lowest BCUT2D eigenvalue weighted by molar-refractivity contribution is 0.666. The van der Waals surface area contributed by atoms with Gasteiger partial charge in [-0.2, -0.15) is 9.97 Å². The van der Waals surface area contributed by atoms with Gasteiger partial charge in [-0.05, 0) is 53.5 Å². The highest BCUT2D eigenvalue weighted by Gasteiger charge is 2.26. The standard InChI is InChI=1S/C57H33N5OS/c1-3-16-34(17-4-1)36-32-44-39-22-9-13-27-48(39)63-54(44)47(33-36)61-45-25-11-7-20-37(45)40-30-31-41-38-21-8-12-26-46(38)62(53(41)52(40)61)57-59-55(35-18-5-2-6-19-35)58-56(60-57)43-24-15-29-50-51(43)42-23-10-14-28-49(42)64-50/h1-33H/i1D,2D,3D,4D,5D,6D,9D,10D,13D,14D,15D,16D,17D,18D,19D,22D,23D,24D,27D,28D,29D,32D,33D. The van der Waals surface area contributed by atoms with Crippen molar-refractivity contribution in [3.05, 3.63) is 200 Å². The molecule has 14 aromatic rings. The van der Waals surface area contributed by atoms with E-state index in [0.29, 0.717) is 32.6 Å². The Morgan fingerprint density at radius 3 is 1.86 bits per heavy atom. The normalized spacial score (nSPS) is 17.1. The van der Waals surface area contributed by atoms with Gasteiger partial charge >= 0.3 is 0 Å². The zero-order valence-corrected chi connectivity index (χ0v) is 33.1. The first-order valence-corrected chi connectivity index (χ1v) is 20.4. The predicted molar refractivity (Wildman–Crippen MR) is 265 cm³/mol. The van der Waals surface area contributed by atoms with Gasteiger partial charge in [-0.3, -0.25) is 4.57 Å². The van der Waals surface area contributed by atoms with Crippen LogP contribution < -0.4 is 0 Å². The first kappa shape index (κ1) is 19.8. The second-order valence-electron chi connectivity index (χ2n) is 14.6. The highest BCUT2D eigenvalue weighted by molar-refractivity contribution is 7.25. The number of fused-ring (bicyclic) bond motifs is 13. The number of hydrogen-bond acceptors (Lipinski definition) is 5. The van der Waals surface area contributed by atoms with Gasteiger partial charge in [0.25, 0.3) is 0 Å². The van der Waals surface area contributed by atoms with Gasteiger partial charge in [-0.25, -0.2) is 4.98 Å². The van der Waals surface area contributed by atoms with Crippen molar-refractivity contribution in [2.45, 2.75) is 0 Å². The molecule has 0 bridgehead atoms. The first-order valence-electron chi connectivity index (χ1n) is 31.1. The van der Waals surface area contributed by atoms with E-state index < -0.39 is 173 Å². The van der Waals surface area contributed by atoms with E-state index in [4.69, 9.17) is 39.9 Å². The van der Waals surface area contributed by atoms with Gasteiger partial charge in [-0.1, -0.05) is 157 Å². The Hall–Kier alpha value is -8.39. The van der Waals surface area contributed by atoms with Crippen LogP contribution in [0.5, 0.6) is 0 Å². The van der Waals surface area contributed by atoms with Crippen LogP contribution in [0, 0.1) is 0 Å². The van der Waals surface area contributed by atoms with E-state index >= 15 is 0 Å². The van der Waals surface area contributed by atoms with Crippen molar-refractivity contribution in [3.63, 3.8) is 0 Å². The molecule has 0 atom stereocenters. The third-order valence-electron chi connectivity index (χ3n) is 11.2. The molecule has 0 aliphatic rings. The predicted octanol–water partition coefficient (Wildman–Crippen LogP) is 15.3. The summed E-state index contributed by atoms with van der Waals surface area (Å²) in [5.41, 5.74) is -1.97. The summed E-state index contributed by atoms with van der Waals surface area (Å²) < 4.78 is 217. The summed E-state index contributed by atoms with van der Waals surface area (Å²) in [4.78, 5) is 14.7. The third kappa shape index (κ3) is 5.10. The number of para-hydroxylation sites is 3. The Morgan fingerprint density at radius 2 is 1.08 bits per heavy atom. The lowest BCUT2D eigenvalue weighted by atomic mass is 10.0. The van der Waals surface area contributed by atoms with Crippen molar-refractivity contribution in [2.24, 2.45) is 0 Å². The van der Waals surface area contributed by atoms with E-state index in [1.54, 1.807) is 65.2 Å². The van der Waals surface area contributed by atoms with Gasteiger partial charge in [0.1, 0.15) is 5.58 Å². The molecule has 0 fully saturated rings. The van der Waals surface area contributed by atoms with E-state index in [0.717, 1.165) is 11.3 Å². The molecule has 64 heavy (non-hydrogen) atoms. The van der Waals surface area contributed by atoms with Crippen LogP contribution in [-0.4, -0.2) is 24.1 Å². The number of hydrogen-bond donors (Lipinski definition) is 0. The van der Waals surface area contributed by atoms with E-state index in [2.05, 4.69) is 0 Å². The van der Waals surface area contributed by atoms with E-state index in [1.807, 2.05) is 0 Å². The average molecular weight is 859 g/mol. The fraction of sp³-hybridized carbons (Fsp3) is 0. The highest BCUT2D eigenvalue weighted by Crippen LogP contribution is 2.45. The summed E-state index contributed by atoms with van der Waals surface area (Å²) in [6.45, 7) is 0. The quantitative estimate of drug-likeness (QED) is 0.173. The summed E-state index contributed by atoms with van der Waals surface area (Å²) in [5.74, 6) is -1.44. The molecule has 0 saturated carbocycles. The number of furan rings is 1. The molecule has 0 N–H and O–H groups in total. The lowest BCUT2D eigenvalue weighted by Crippen LogP contribution is -2.07. The molecule has 7 heteroatoms. The molecule has 6 nitrogen and oxygen atoms in total. The van der Waals surface area contributed by atoms with Crippen molar-refractivity contribution < 1.29 is 35.9 Å². The zero-order valence-electron chi connectivity index (χ0n) is 55.3. The van der Waals surface area contributed by atoms with Crippen molar-refractivity contribution >= 4 is 97.1 Å². The maximum absolute atomic E-state index is 10.4. The molecule has 0 amide bonds. The summed E-state index contributed by atoms with van der Waals surface area (Å²) in [5, 5.41) is 1.04. The summed E-state index contributed by atoms with van der Waals surface area (Å²) >= 11 is 0.780. The van der Waals surface area contributed by atoms with Crippen LogP contribution in [0.2, 0.25) is 0 Å². The molecule has 0 aliphatic heterocycles. The summed E-state index contributed by atoms with van der Waals surface area (Å²) in [6.07, 6.45) is 0. The van der Waals surface area contributed by atoms with Crippen LogP contribution in [0.15, 0.2) is 204 Å². The van der Waals surface area contributed by atoms with E-state index in [-0.39, 0.29) is 64.8 Å². The number of nitrogens with zero attached hydrogens (tertiary/aromatic N) is 5. The van der Waals surface area contributed by atoms with Crippen LogP contribution in [-0.2, 0) is 0 Å². The second kappa shape index (κ2) is 13.6. The minimum Gasteiger partial charge on any atom is -0.454 e. The molecule has 14 rings (SSSR count). The maximum atomic E-state index is 10.4. The van der Waals surface area contributed by atoms with Crippen molar-refractivity contribution in [1.29, 1.82) is 0 Å². The largest absolute Gasteiger partial charge is 0.454 e. The fourth-order valence-electron chi connectivity index (χ4n) is 8.61. The van der Waals surface area contributed by atoms with Crippen LogP contribution in [0.4, 0.5) is 0 Å². The van der Waals surface area contributed by atoms with Gasteiger partial charge in [0.15, 0.2) is 17.2 Å². The molecule has 0 radical (unpaired) electrons. The van der Waals surface area contributed by atoms with E-state index in [9.17, 15) is 11.0 Å². The summed E-state index contributed by atoms with van der Waals surface area (Å²) in [6, 6.07) is 1.52. The minimum absolute atomic E-state index is 0.0211. The fourth-order valence-corrected chi connectivity index (χ4v) is 9.58. The number of rotatable bonds is 5. The molecule has 298 valence electrons. The number of thiophene rings is 1. The Morgan fingerprint density at radius 1 is 0.453 bits per heavy atom. The van der Waals surface area contributed by atoms with E-state index in [1.165, 1.54) is 4.57 Å². The van der Waals surface area contributed by atoms with Crippen molar-refractivity contribution in [1.82, 2.24) is 24.1 Å². The summed E-state index contributed by atoms with van der Waals surface area (Å²) in [7, 11) is 0. The molecule has 5 heterocycles. The van der Waals surface area contributed by atoms with Gasteiger partial charge < -0.3 is 8.98 Å². The Balaban J connectivity index is 1.22. The van der Waals surface area contributed by atoms with Gasteiger partial charge in [-0.15, -0.1) is 11.3 Å². The minimum atomic E-state index is -0.794. The molecule has 0 unspecified atom stereocenters. The van der Waals surface area contributed by atoms with Gasteiger partial charge in [0.2, 0.25) is 5.95 Å². The molecule has 0 spiro atoms. The maximum Gasteiger partial charge on any atom is 0.238 e. The smallest absolute Gasteiger partial charge is 0.238 e. The molecule has 0 aliphatic carbocycles. The third-order valence-corrected chi connectivity index (χ3v) is 12.2. The van der Waals surface area contributed by atoms with Crippen LogP contribution in [0.3, 0.4) is 0 Å². The lowest BCUT2D eigenvalue weighted by Gasteiger charge is -2.15. The molecule has 9 aromatic carbocycles. The Kier molecular flexibility index (Phi) is 4.18. The molecule has 5 aromatic heterocycles. The second-order valence-corrected chi connectivity index (χ2v) is 15.6. The molecular weight excluding hydrogens is 803 g/mol. The molecule has 0 saturated heterocycles. The monoisotopic (exact) mass is 858 g/mol. The number of benzene rings is 9. The SMILES string of the molecule is [2H]c1c([2H])c([2H])c(-c2nc(-c3c([2H])c([2H])c([2H])c4sc5c([2H])c([2H])c([2H])c([2H])c5c34)nc(-n3c4ccccc4c4ccc5c6ccccc6n(-c6c([2H])c(-c7c([2H])c([2H])c([2H])c([2H])c7[2H])c([2H])c7c6oc6c([2H])c([2H])c([2H])c([2H])c67)c5c43)n2)c([2H])c1[2H]. The number of aromatic nitrogens is 5. The van der Waals surface area contributed by atoms with Gasteiger partial charge in [0.05, 0.1) is 59.3 Å². The highest BCUT2D eigenvalue weighted by atomic mass is 32.1.